The molecule has 84 valence electrons. The first-order valence-corrected chi connectivity index (χ1v) is 5.01. The Morgan fingerprint density at radius 2 is 2.31 bits per heavy atom. The van der Waals surface area contributed by atoms with Crippen LogP contribution in [0.2, 0.25) is 0 Å². The summed E-state index contributed by atoms with van der Waals surface area (Å²) in [4.78, 5) is 13.0. The van der Waals surface area contributed by atoms with Gasteiger partial charge in [0.25, 0.3) is 5.69 Å². The van der Waals surface area contributed by atoms with Crippen LogP contribution in [0.3, 0.4) is 0 Å². The van der Waals surface area contributed by atoms with E-state index in [-0.39, 0.29) is 11.4 Å². The Morgan fingerprint density at radius 3 is 2.88 bits per heavy atom. The SMILES string of the molecule is CCCCc1ccc(N=[N+]=[N-])cc1[N+](=O)[O-]. The zero-order chi connectivity index (χ0) is 12.0. The highest BCUT2D eigenvalue weighted by Crippen LogP contribution is 2.26. The van der Waals surface area contributed by atoms with Crippen LogP contribution in [0.15, 0.2) is 23.3 Å². The van der Waals surface area contributed by atoms with Crippen LogP contribution in [0, 0.1) is 10.1 Å². The Bertz CT molecular complexity index is 438. The fourth-order valence-electron chi connectivity index (χ4n) is 1.41. The number of nitro benzene ring substituents is 1. The third-order valence-electron chi connectivity index (χ3n) is 2.23. The Labute approximate surface area is 92.7 Å². The monoisotopic (exact) mass is 220 g/mol. The van der Waals surface area contributed by atoms with Crippen LogP contribution in [0.5, 0.6) is 0 Å². The lowest BCUT2D eigenvalue weighted by atomic mass is 10.1. The molecule has 16 heavy (non-hydrogen) atoms. The van der Waals surface area contributed by atoms with Crippen molar-refractivity contribution in [2.45, 2.75) is 26.2 Å². The summed E-state index contributed by atoms with van der Waals surface area (Å²) in [5.74, 6) is 0. The third-order valence-corrected chi connectivity index (χ3v) is 2.23. The number of nitro groups is 1. The van der Waals surface area contributed by atoms with Gasteiger partial charge in [-0.3, -0.25) is 10.1 Å². The van der Waals surface area contributed by atoms with Crippen LogP contribution < -0.4 is 0 Å². The summed E-state index contributed by atoms with van der Waals surface area (Å²) in [6.07, 6.45) is 2.56. The van der Waals surface area contributed by atoms with Gasteiger partial charge in [-0.2, -0.15) is 0 Å². The van der Waals surface area contributed by atoms with Gasteiger partial charge in [-0.15, -0.1) is 0 Å². The van der Waals surface area contributed by atoms with E-state index < -0.39 is 4.92 Å². The van der Waals surface area contributed by atoms with E-state index in [2.05, 4.69) is 10.0 Å². The molecule has 0 saturated carbocycles. The molecule has 0 aromatic heterocycles. The number of azide groups is 1. The number of rotatable bonds is 5. The molecule has 0 atom stereocenters. The van der Waals surface area contributed by atoms with Gasteiger partial charge in [0.1, 0.15) is 0 Å². The van der Waals surface area contributed by atoms with E-state index in [0.29, 0.717) is 12.0 Å². The Hall–Kier alpha value is -2.07. The number of unbranched alkanes of at least 4 members (excludes halogenated alkanes) is 1. The highest BCUT2D eigenvalue weighted by molar-refractivity contribution is 5.52. The fourth-order valence-corrected chi connectivity index (χ4v) is 1.41. The summed E-state index contributed by atoms with van der Waals surface area (Å²) < 4.78 is 0. The summed E-state index contributed by atoms with van der Waals surface area (Å²) in [5.41, 5.74) is 9.23. The molecule has 0 aliphatic heterocycles. The van der Waals surface area contributed by atoms with Crippen LogP contribution in [0.4, 0.5) is 11.4 Å². The molecule has 0 aliphatic rings. The average molecular weight is 220 g/mol. The van der Waals surface area contributed by atoms with Crippen molar-refractivity contribution >= 4 is 11.4 Å². The van der Waals surface area contributed by atoms with Gasteiger partial charge in [0, 0.05) is 22.2 Å². The molecule has 0 saturated heterocycles. The van der Waals surface area contributed by atoms with E-state index in [4.69, 9.17) is 5.53 Å². The maximum atomic E-state index is 10.8. The average Bonchev–Trinajstić information content (AvgIpc) is 2.27. The zero-order valence-electron chi connectivity index (χ0n) is 8.96. The quantitative estimate of drug-likeness (QED) is 0.247. The van der Waals surface area contributed by atoms with Gasteiger partial charge >= 0.3 is 0 Å². The Morgan fingerprint density at radius 1 is 1.56 bits per heavy atom. The van der Waals surface area contributed by atoms with Crippen LogP contribution in [-0.4, -0.2) is 4.92 Å². The molecule has 6 nitrogen and oxygen atoms in total. The largest absolute Gasteiger partial charge is 0.273 e. The van der Waals surface area contributed by atoms with E-state index in [1.807, 2.05) is 6.92 Å². The van der Waals surface area contributed by atoms with Gasteiger partial charge in [0.15, 0.2) is 0 Å². The van der Waals surface area contributed by atoms with Gasteiger partial charge in [-0.05, 0) is 18.4 Å². The molecular weight excluding hydrogens is 208 g/mol. The maximum Gasteiger partial charge on any atom is 0.273 e. The standard InChI is InChI=1S/C10H12N4O2/c1-2-3-4-8-5-6-9(12-13-11)7-10(8)14(15)16/h5-7H,2-4H2,1H3. The molecule has 1 aromatic rings. The van der Waals surface area contributed by atoms with Crippen LogP contribution in [0.1, 0.15) is 25.3 Å². The predicted octanol–water partition coefficient (Wildman–Crippen LogP) is 3.88. The number of nitrogens with zero attached hydrogens (tertiary/aromatic N) is 4. The molecule has 0 unspecified atom stereocenters. The zero-order valence-corrected chi connectivity index (χ0v) is 8.96. The summed E-state index contributed by atoms with van der Waals surface area (Å²) in [6, 6.07) is 4.56. The van der Waals surface area contributed by atoms with Crippen molar-refractivity contribution in [3.05, 3.63) is 44.3 Å². The van der Waals surface area contributed by atoms with Gasteiger partial charge in [-0.1, -0.05) is 30.6 Å². The van der Waals surface area contributed by atoms with Crippen molar-refractivity contribution < 1.29 is 4.92 Å². The Balaban J connectivity index is 3.08. The summed E-state index contributed by atoms with van der Waals surface area (Å²) in [7, 11) is 0. The number of hydrogen-bond donors (Lipinski definition) is 0. The summed E-state index contributed by atoms with van der Waals surface area (Å²) >= 11 is 0. The predicted molar refractivity (Wildman–Crippen MR) is 60.5 cm³/mol. The second-order valence-corrected chi connectivity index (χ2v) is 3.36. The maximum absolute atomic E-state index is 10.8. The van der Waals surface area contributed by atoms with E-state index in [1.165, 1.54) is 6.07 Å². The fraction of sp³-hybridized carbons (Fsp3) is 0.400. The van der Waals surface area contributed by atoms with Gasteiger partial charge < -0.3 is 0 Å². The molecule has 0 heterocycles. The normalized spacial score (nSPS) is 9.56. The molecule has 0 radical (unpaired) electrons. The van der Waals surface area contributed by atoms with Crippen molar-refractivity contribution in [1.29, 1.82) is 0 Å². The highest BCUT2D eigenvalue weighted by Gasteiger charge is 2.13. The highest BCUT2D eigenvalue weighted by atomic mass is 16.6. The minimum Gasteiger partial charge on any atom is -0.258 e. The van der Waals surface area contributed by atoms with E-state index in [1.54, 1.807) is 12.1 Å². The molecule has 0 N–H and O–H groups in total. The first kappa shape index (κ1) is 12.0. The Kier molecular flexibility index (Phi) is 4.29. The number of aryl methyl sites for hydroxylation is 1. The van der Waals surface area contributed by atoms with Crippen molar-refractivity contribution in [3.8, 4) is 0 Å². The van der Waals surface area contributed by atoms with Gasteiger partial charge in [-0.25, -0.2) is 0 Å². The molecule has 0 fully saturated rings. The molecule has 0 aliphatic carbocycles. The number of hydrogen-bond acceptors (Lipinski definition) is 3. The van der Waals surface area contributed by atoms with Crippen LogP contribution >= 0.6 is 0 Å². The second kappa shape index (κ2) is 5.72. The molecule has 0 amide bonds. The smallest absolute Gasteiger partial charge is 0.258 e. The lowest BCUT2D eigenvalue weighted by molar-refractivity contribution is -0.385. The van der Waals surface area contributed by atoms with Crippen LogP contribution in [-0.2, 0) is 6.42 Å². The summed E-state index contributed by atoms with van der Waals surface area (Å²) in [5, 5.41) is 14.2. The molecule has 1 aromatic carbocycles. The molecular formula is C10H12N4O2. The second-order valence-electron chi connectivity index (χ2n) is 3.36. The summed E-state index contributed by atoms with van der Waals surface area (Å²) in [6.45, 7) is 2.03. The van der Waals surface area contributed by atoms with Crippen molar-refractivity contribution in [2.75, 3.05) is 0 Å². The minimum absolute atomic E-state index is 0.0263. The van der Waals surface area contributed by atoms with Crippen molar-refractivity contribution in [2.24, 2.45) is 5.11 Å². The van der Waals surface area contributed by atoms with Gasteiger partial charge in [0.2, 0.25) is 0 Å². The lowest BCUT2D eigenvalue weighted by Gasteiger charge is -2.02. The molecule has 1 rings (SSSR count). The first-order chi connectivity index (χ1) is 7.69. The van der Waals surface area contributed by atoms with Crippen molar-refractivity contribution in [1.82, 2.24) is 0 Å². The van der Waals surface area contributed by atoms with E-state index in [0.717, 1.165) is 12.8 Å². The molecule has 0 spiro atoms. The van der Waals surface area contributed by atoms with Crippen LogP contribution in [0.25, 0.3) is 10.4 Å². The minimum atomic E-state index is -0.443. The third kappa shape index (κ3) is 2.96. The van der Waals surface area contributed by atoms with Crippen molar-refractivity contribution in [3.63, 3.8) is 0 Å². The van der Waals surface area contributed by atoms with E-state index in [9.17, 15) is 10.1 Å². The number of benzene rings is 1. The lowest BCUT2D eigenvalue weighted by Crippen LogP contribution is -1.95. The van der Waals surface area contributed by atoms with E-state index >= 15 is 0 Å². The molecule has 6 heteroatoms. The van der Waals surface area contributed by atoms with Gasteiger partial charge in [0.05, 0.1) is 4.92 Å². The first-order valence-electron chi connectivity index (χ1n) is 5.01. The topological polar surface area (TPSA) is 91.9 Å². The molecule has 0 bridgehead atoms.